The zero-order valence-corrected chi connectivity index (χ0v) is 16.9. The fraction of sp³-hybridized carbons (Fsp3) is 0.500. The number of amides is 1. The Kier molecular flexibility index (Phi) is 7.03. The average Bonchev–Trinajstić information content (AvgIpc) is 3.32. The van der Waals surface area contributed by atoms with Crippen molar-refractivity contribution in [3.63, 3.8) is 0 Å². The predicted molar refractivity (Wildman–Crippen MR) is 106 cm³/mol. The van der Waals surface area contributed by atoms with Crippen LogP contribution in [-0.4, -0.2) is 40.6 Å². The zero-order chi connectivity index (χ0) is 19.2. The second-order valence-corrected chi connectivity index (χ2v) is 9.00. The lowest BCUT2D eigenvalue weighted by Crippen LogP contribution is -2.33. The van der Waals surface area contributed by atoms with Gasteiger partial charge in [-0.3, -0.25) is 4.79 Å². The SMILES string of the molecule is C[C@H](Sc1nnc(NC[C@H]2CCCO2)s1)C(=O)N[C@H](C)c1ccc(F)cc1. The van der Waals surface area contributed by atoms with Gasteiger partial charge in [0, 0.05) is 13.2 Å². The summed E-state index contributed by atoms with van der Waals surface area (Å²) in [6.45, 7) is 5.26. The van der Waals surface area contributed by atoms with E-state index in [1.54, 1.807) is 12.1 Å². The third-order valence-electron chi connectivity index (χ3n) is 4.29. The van der Waals surface area contributed by atoms with Crippen molar-refractivity contribution < 1.29 is 13.9 Å². The van der Waals surface area contributed by atoms with E-state index in [0.717, 1.165) is 41.0 Å². The standard InChI is InChI=1S/C18H23FN4O2S2/c1-11(13-5-7-14(19)8-6-13)21-16(24)12(2)26-18-23-22-17(27-18)20-10-15-4-3-9-25-15/h5-8,11-12,15H,3-4,9-10H2,1-2H3,(H,20,22)(H,21,24)/t11-,12+,15-/m1/s1. The number of anilines is 1. The third-order valence-corrected chi connectivity index (χ3v) is 6.35. The number of thioether (sulfide) groups is 1. The quantitative estimate of drug-likeness (QED) is 0.648. The van der Waals surface area contributed by atoms with E-state index in [1.807, 2.05) is 13.8 Å². The van der Waals surface area contributed by atoms with Gasteiger partial charge in [0.1, 0.15) is 5.82 Å². The molecule has 1 fully saturated rings. The first-order valence-corrected chi connectivity index (χ1v) is 10.6. The lowest BCUT2D eigenvalue weighted by atomic mass is 10.1. The van der Waals surface area contributed by atoms with Crippen LogP contribution in [0, 0.1) is 5.82 Å². The van der Waals surface area contributed by atoms with Crippen LogP contribution in [0.2, 0.25) is 0 Å². The molecular formula is C18H23FN4O2S2. The molecule has 1 aromatic carbocycles. The van der Waals surface area contributed by atoms with Crippen molar-refractivity contribution in [3.05, 3.63) is 35.6 Å². The number of benzene rings is 1. The number of nitrogens with one attached hydrogen (secondary N) is 2. The highest BCUT2D eigenvalue weighted by Gasteiger charge is 2.20. The summed E-state index contributed by atoms with van der Waals surface area (Å²) >= 11 is 2.80. The number of carbonyl (C=O) groups excluding carboxylic acids is 1. The highest BCUT2D eigenvalue weighted by Crippen LogP contribution is 2.29. The van der Waals surface area contributed by atoms with Crippen molar-refractivity contribution in [1.82, 2.24) is 15.5 Å². The molecule has 3 atom stereocenters. The van der Waals surface area contributed by atoms with Gasteiger partial charge in [0.25, 0.3) is 0 Å². The first kappa shape index (κ1) is 20.0. The minimum Gasteiger partial charge on any atom is -0.376 e. The van der Waals surface area contributed by atoms with Gasteiger partial charge in [-0.1, -0.05) is 35.2 Å². The van der Waals surface area contributed by atoms with E-state index in [9.17, 15) is 9.18 Å². The van der Waals surface area contributed by atoms with Crippen LogP contribution in [0.5, 0.6) is 0 Å². The van der Waals surface area contributed by atoms with E-state index >= 15 is 0 Å². The van der Waals surface area contributed by atoms with Crippen molar-refractivity contribution in [2.24, 2.45) is 0 Å². The van der Waals surface area contributed by atoms with Crippen molar-refractivity contribution in [2.45, 2.75) is 48.4 Å². The minimum absolute atomic E-state index is 0.0964. The second-order valence-electron chi connectivity index (χ2n) is 6.43. The molecular weight excluding hydrogens is 387 g/mol. The van der Waals surface area contributed by atoms with Gasteiger partial charge >= 0.3 is 0 Å². The maximum Gasteiger partial charge on any atom is 0.233 e. The van der Waals surface area contributed by atoms with Gasteiger partial charge in [-0.05, 0) is 44.4 Å². The van der Waals surface area contributed by atoms with Gasteiger partial charge in [-0.2, -0.15) is 0 Å². The van der Waals surface area contributed by atoms with Crippen LogP contribution in [0.1, 0.15) is 38.3 Å². The Bertz CT molecular complexity index is 750. The highest BCUT2D eigenvalue weighted by atomic mass is 32.2. The summed E-state index contributed by atoms with van der Waals surface area (Å²) in [5.74, 6) is -0.387. The van der Waals surface area contributed by atoms with Gasteiger partial charge in [0.15, 0.2) is 4.34 Å². The van der Waals surface area contributed by atoms with Crippen LogP contribution in [0.15, 0.2) is 28.6 Å². The van der Waals surface area contributed by atoms with Crippen LogP contribution >= 0.6 is 23.1 Å². The number of hydrogen-bond donors (Lipinski definition) is 2. The molecule has 0 bridgehead atoms. The Morgan fingerprint density at radius 3 is 2.85 bits per heavy atom. The van der Waals surface area contributed by atoms with E-state index in [0.29, 0.717) is 0 Å². The zero-order valence-electron chi connectivity index (χ0n) is 15.3. The van der Waals surface area contributed by atoms with Crippen LogP contribution in [0.4, 0.5) is 9.52 Å². The molecule has 146 valence electrons. The Morgan fingerprint density at radius 1 is 1.37 bits per heavy atom. The van der Waals surface area contributed by atoms with E-state index < -0.39 is 0 Å². The van der Waals surface area contributed by atoms with Crippen molar-refractivity contribution in [1.29, 1.82) is 0 Å². The Hall–Kier alpha value is -1.71. The molecule has 2 aromatic rings. The molecule has 3 rings (SSSR count). The maximum absolute atomic E-state index is 13.0. The summed E-state index contributed by atoms with van der Waals surface area (Å²) in [5.41, 5.74) is 0.860. The van der Waals surface area contributed by atoms with E-state index in [2.05, 4.69) is 20.8 Å². The molecule has 2 heterocycles. The average molecular weight is 411 g/mol. The molecule has 0 aliphatic carbocycles. The molecule has 1 amide bonds. The monoisotopic (exact) mass is 410 g/mol. The van der Waals surface area contributed by atoms with Gasteiger partial charge in [0.05, 0.1) is 17.4 Å². The molecule has 6 nitrogen and oxygen atoms in total. The number of ether oxygens (including phenoxy) is 1. The molecule has 1 aliphatic heterocycles. The van der Waals surface area contributed by atoms with Gasteiger partial charge in [-0.15, -0.1) is 10.2 Å². The number of aromatic nitrogens is 2. The molecule has 1 aliphatic rings. The lowest BCUT2D eigenvalue weighted by molar-refractivity contribution is -0.120. The van der Waals surface area contributed by atoms with Crippen LogP contribution in [0.25, 0.3) is 0 Å². The van der Waals surface area contributed by atoms with Gasteiger partial charge < -0.3 is 15.4 Å². The summed E-state index contributed by atoms with van der Waals surface area (Å²) in [6, 6.07) is 5.94. The van der Waals surface area contributed by atoms with Crippen molar-refractivity contribution >= 4 is 34.1 Å². The molecule has 1 aromatic heterocycles. The van der Waals surface area contributed by atoms with Crippen molar-refractivity contribution in [2.75, 3.05) is 18.5 Å². The summed E-state index contributed by atoms with van der Waals surface area (Å²) in [4.78, 5) is 12.4. The summed E-state index contributed by atoms with van der Waals surface area (Å²) in [6.07, 6.45) is 2.41. The molecule has 27 heavy (non-hydrogen) atoms. The van der Waals surface area contributed by atoms with E-state index in [-0.39, 0.29) is 29.1 Å². The first-order chi connectivity index (χ1) is 13.0. The van der Waals surface area contributed by atoms with E-state index in [4.69, 9.17) is 4.74 Å². The maximum atomic E-state index is 13.0. The highest BCUT2D eigenvalue weighted by molar-refractivity contribution is 8.02. The Balaban J connectivity index is 1.46. The second kappa shape index (κ2) is 9.48. The molecule has 9 heteroatoms. The number of halogens is 1. The van der Waals surface area contributed by atoms with Crippen molar-refractivity contribution in [3.8, 4) is 0 Å². The molecule has 0 radical (unpaired) electrons. The van der Waals surface area contributed by atoms with E-state index in [1.165, 1.54) is 35.2 Å². The van der Waals surface area contributed by atoms with Crippen LogP contribution in [0.3, 0.4) is 0 Å². The largest absolute Gasteiger partial charge is 0.376 e. The predicted octanol–water partition coefficient (Wildman–Crippen LogP) is 3.63. The summed E-state index contributed by atoms with van der Waals surface area (Å²) in [5, 5.41) is 14.9. The Morgan fingerprint density at radius 2 is 2.15 bits per heavy atom. The minimum atomic E-state index is -0.313. The van der Waals surface area contributed by atoms with Crippen LogP contribution < -0.4 is 10.6 Å². The third kappa shape index (κ3) is 5.88. The number of carbonyl (C=O) groups is 1. The molecule has 0 saturated carbocycles. The topological polar surface area (TPSA) is 76.1 Å². The fourth-order valence-corrected chi connectivity index (χ4v) is 4.62. The molecule has 2 N–H and O–H groups in total. The van der Waals surface area contributed by atoms with Gasteiger partial charge in [-0.25, -0.2) is 4.39 Å². The molecule has 0 unspecified atom stereocenters. The first-order valence-electron chi connectivity index (χ1n) is 8.92. The fourth-order valence-electron chi connectivity index (χ4n) is 2.71. The Labute approximate surface area is 166 Å². The smallest absolute Gasteiger partial charge is 0.233 e. The number of hydrogen-bond acceptors (Lipinski definition) is 7. The summed E-state index contributed by atoms with van der Waals surface area (Å²) in [7, 11) is 0. The lowest BCUT2D eigenvalue weighted by Gasteiger charge is -2.17. The normalized spacial score (nSPS) is 18.9. The summed E-state index contributed by atoms with van der Waals surface area (Å²) < 4.78 is 19.3. The number of rotatable bonds is 8. The molecule has 1 saturated heterocycles. The number of nitrogens with zero attached hydrogens (tertiary/aromatic N) is 2. The van der Waals surface area contributed by atoms with Gasteiger partial charge in [0.2, 0.25) is 11.0 Å². The molecule has 0 spiro atoms. The van der Waals surface area contributed by atoms with Crippen LogP contribution in [-0.2, 0) is 9.53 Å².